The fraction of sp³-hybridized carbons (Fsp3) is 0.0833. The molecule has 0 saturated carbocycles. The Bertz CT molecular complexity index is 602. The molecule has 0 amide bonds. The van der Waals surface area contributed by atoms with Crippen molar-refractivity contribution >= 4 is 23.6 Å². The first-order chi connectivity index (χ1) is 7.85. The highest BCUT2D eigenvalue weighted by Crippen LogP contribution is 2.15. The van der Waals surface area contributed by atoms with Crippen LogP contribution in [0.3, 0.4) is 0 Å². The Labute approximate surface area is 91.7 Å². The molecule has 0 aliphatic carbocycles. The van der Waals surface area contributed by atoms with Crippen LogP contribution in [0.1, 0.15) is 22.3 Å². The van der Waals surface area contributed by atoms with Gasteiger partial charge in [0.05, 0.1) is 6.42 Å². The summed E-state index contributed by atoms with van der Waals surface area (Å²) in [5, 5.41) is 0.743. The number of hydrogen-bond acceptors (Lipinski definition) is 3. The molecule has 0 aliphatic rings. The van der Waals surface area contributed by atoms with Crippen molar-refractivity contribution in [2.24, 2.45) is 0 Å². The van der Waals surface area contributed by atoms with E-state index in [-0.39, 0.29) is 6.42 Å². The molecule has 2 aromatic rings. The van der Waals surface area contributed by atoms with Gasteiger partial charge in [0.15, 0.2) is 6.29 Å². The minimum absolute atomic E-state index is 0.200. The second kappa shape index (κ2) is 4.41. The van der Waals surface area contributed by atoms with Gasteiger partial charge in [0.2, 0.25) is 0 Å². The van der Waals surface area contributed by atoms with Crippen molar-refractivity contribution in [2.75, 3.05) is 0 Å². The van der Waals surface area contributed by atoms with Gasteiger partial charge in [-0.2, -0.15) is 0 Å². The molecular weight excluding hydrogens is 204 g/mol. The highest BCUT2D eigenvalue weighted by atomic mass is 16.1. The zero-order valence-corrected chi connectivity index (χ0v) is 8.36. The third kappa shape index (κ3) is 1.84. The number of carbonyl (C=O) groups is 2. The number of nitrogens with one attached hydrogen (secondary N) is 1. The first-order valence-corrected chi connectivity index (χ1v) is 4.70. The molecule has 0 saturated heterocycles. The van der Waals surface area contributed by atoms with Crippen LogP contribution in [-0.4, -0.2) is 22.5 Å². The third-order valence-electron chi connectivity index (χ3n) is 2.11. The molecule has 0 aromatic carbocycles. The van der Waals surface area contributed by atoms with Gasteiger partial charge in [-0.25, -0.2) is 4.98 Å². The number of H-pyrrole nitrogens is 1. The molecule has 4 heteroatoms. The van der Waals surface area contributed by atoms with E-state index in [1.165, 1.54) is 0 Å². The van der Waals surface area contributed by atoms with E-state index in [9.17, 15) is 9.59 Å². The van der Waals surface area contributed by atoms with Gasteiger partial charge in [-0.15, -0.1) is 0 Å². The highest BCUT2D eigenvalue weighted by molar-refractivity contribution is 5.96. The van der Waals surface area contributed by atoms with E-state index in [0.717, 1.165) is 18.0 Å². The summed E-state index contributed by atoms with van der Waals surface area (Å²) < 4.78 is 0. The molecule has 78 valence electrons. The van der Waals surface area contributed by atoms with E-state index in [2.05, 4.69) is 21.8 Å². The molecule has 2 rings (SSSR count). The van der Waals surface area contributed by atoms with E-state index < -0.39 is 0 Å². The highest BCUT2D eigenvalue weighted by Gasteiger charge is 2.03. The summed E-state index contributed by atoms with van der Waals surface area (Å²) in [6.45, 7) is 0. The van der Waals surface area contributed by atoms with E-state index in [0.29, 0.717) is 16.8 Å². The Kier molecular flexibility index (Phi) is 2.79. The van der Waals surface area contributed by atoms with Gasteiger partial charge < -0.3 is 9.78 Å². The maximum atomic E-state index is 10.7. The first-order valence-electron chi connectivity index (χ1n) is 4.70. The zero-order valence-electron chi connectivity index (χ0n) is 8.36. The molecule has 1 N–H and O–H groups in total. The summed E-state index contributed by atoms with van der Waals surface area (Å²) in [6.07, 6.45) is 4.92. The molecule has 16 heavy (non-hydrogen) atoms. The van der Waals surface area contributed by atoms with Crippen LogP contribution in [0.15, 0.2) is 18.5 Å². The van der Waals surface area contributed by atoms with Crippen molar-refractivity contribution in [3.63, 3.8) is 0 Å². The molecule has 0 fully saturated rings. The number of rotatable bonds is 2. The summed E-state index contributed by atoms with van der Waals surface area (Å²) in [7, 11) is 0. The van der Waals surface area contributed by atoms with Crippen LogP contribution in [0.4, 0.5) is 0 Å². The number of fused-ring (bicyclic) bond motifs is 1. The molecule has 0 unspecified atom stereocenters. The number of nitrogens with zero attached hydrogens (tertiary/aromatic N) is 1. The predicted molar refractivity (Wildman–Crippen MR) is 59.0 cm³/mol. The van der Waals surface area contributed by atoms with Crippen LogP contribution in [-0.2, 0) is 4.79 Å². The molecular formula is C12H8N2O2. The molecule has 0 radical (unpaired) electrons. The van der Waals surface area contributed by atoms with Gasteiger partial charge >= 0.3 is 0 Å². The second-order valence-electron chi connectivity index (χ2n) is 3.15. The number of carbonyl (C=O) groups excluding carboxylic acids is 2. The number of aldehydes is 2. The molecule has 2 heterocycles. The van der Waals surface area contributed by atoms with E-state index in [1.54, 1.807) is 18.5 Å². The quantitative estimate of drug-likeness (QED) is 0.603. The monoisotopic (exact) mass is 212 g/mol. The topological polar surface area (TPSA) is 62.8 Å². The molecule has 2 aromatic heterocycles. The van der Waals surface area contributed by atoms with Crippen molar-refractivity contribution < 1.29 is 9.59 Å². The molecule has 0 aliphatic heterocycles. The third-order valence-corrected chi connectivity index (χ3v) is 2.11. The lowest BCUT2D eigenvalue weighted by molar-refractivity contribution is -0.107. The Balaban J connectivity index is 2.46. The van der Waals surface area contributed by atoms with Crippen LogP contribution < -0.4 is 0 Å². The number of pyridine rings is 1. The van der Waals surface area contributed by atoms with Gasteiger partial charge in [0, 0.05) is 28.9 Å². The summed E-state index contributed by atoms with van der Waals surface area (Å²) in [5.74, 6) is 5.49. The lowest BCUT2D eigenvalue weighted by atomic mass is 10.2. The van der Waals surface area contributed by atoms with Crippen molar-refractivity contribution in [2.45, 2.75) is 6.42 Å². The van der Waals surface area contributed by atoms with Crippen LogP contribution >= 0.6 is 0 Å². The van der Waals surface area contributed by atoms with E-state index in [4.69, 9.17) is 0 Å². The van der Waals surface area contributed by atoms with Gasteiger partial charge in [0.25, 0.3) is 0 Å². The fourth-order valence-corrected chi connectivity index (χ4v) is 1.38. The van der Waals surface area contributed by atoms with E-state index in [1.807, 2.05) is 0 Å². The minimum atomic E-state index is 0.200. The van der Waals surface area contributed by atoms with Gasteiger partial charge in [-0.05, 0) is 6.07 Å². The summed E-state index contributed by atoms with van der Waals surface area (Å²) in [5.41, 5.74) is 1.90. The number of aromatic amines is 1. The molecule has 0 bridgehead atoms. The standard InChI is InChI=1S/C12H8N2O2/c15-4-2-1-3-9-5-11-10(8-16)7-14-12(11)13-6-9/h4-8H,2H2,(H,13,14). The smallest absolute Gasteiger partial charge is 0.152 e. The van der Waals surface area contributed by atoms with Crippen molar-refractivity contribution in [1.29, 1.82) is 0 Å². The minimum Gasteiger partial charge on any atom is -0.345 e. The average Bonchev–Trinajstić information content (AvgIpc) is 2.71. The maximum Gasteiger partial charge on any atom is 0.152 e. The average molecular weight is 212 g/mol. The summed E-state index contributed by atoms with van der Waals surface area (Å²) in [4.78, 5) is 27.8. The first kappa shape index (κ1) is 10.1. The SMILES string of the molecule is O=CCC#Cc1cnc2[nH]cc(C=O)c2c1. The summed E-state index contributed by atoms with van der Waals surface area (Å²) in [6, 6.07) is 1.78. The van der Waals surface area contributed by atoms with Gasteiger partial charge in [-0.3, -0.25) is 4.79 Å². The number of aromatic nitrogens is 2. The Morgan fingerprint density at radius 1 is 1.44 bits per heavy atom. The molecule has 0 atom stereocenters. The lowest BCUT2D eigenvalue weighted by Gasteiger charge is -1.91. The molecule has 4 nitrogen and oxygen atoms in total. The maximum absolute atomic E-state index is 10.7. The predicted octanol–water partition coefficient (Wildman–Crippen LogP) is 1.32. The number of hydrogen-bond donors (Lipinski definition) is 1. The van der Waals surface area contributed by atoms with Crippen molar-refractivity contribution in [3.8, 4) is 11.8 Å². The second-order valence-corrected chi connectivity index (χ2v) is 3.15. The zero-order chi connectivity index (χ0) is 11.4. The van der Waals surface area contributed by atoms with Crippen LogP contribution in [0, 0.1) is 11.8 Å². The lowest BCUT2D eigenvalue weighted by Crippen LogP contribution is -1.82. The fourth-order valence-electron chi connectivity index (χ4n) is 1.38. The Morgan fingerprint density at radius 2 is 2.31 bits per heavy atom. The van der Waals surface area contributed by atoms with E-state index >= 15 is 0 Å². The Morgan fingerprint density at radius 3 is 3.06 bits per heavy atom. The largest absolute Gasteiger partial charge is 0.345 e. The Hall–Kier alpha value is -2.41. The summed E-state index contributed by atoms with van der Waals surface area (Å²) >= 11 is 0. The molecule has 0 spiro atoms. The van der Waals surface area contributed by atoms with Gasteiger partial charge in [-0.1, -0.05) is 11.8 Å². The van der Waals surface area contributed by atoms with Crippen LogP contribution in [0.25, 0.3) is 11.0 Å². The van der Waals surface area contributed by atoms with Crippen molar-refractivity contribution in [3.05, 3.63) is 29.6 Å². The van der Waals surface area contributed by atoms with Crippen LogP contribution in [0.2, 0.25) is 0 Å². The van der Waals surface area contributed by atoms with Gasteiger partial charge in [0.1, 0.15) is 11.9 Å². The van der Waals surface area contributed by atoms with Crippen molar-refractivity contribution in [1.82, 2.24) is 9.97 Å². The normalized spacial score (nSPS) is 9.50. The van der Waals surface area contributed by atoms with Crippen LogP contribution in [0.5, 0.6) is 0 Å².